The molecule has 2 aliphatic rings. The highest BCUT2D eigenvalue weighted by Crippen LogP contribution is 2.38. The van der Waals surface area contributed by atoms with E-state index in [2.05, 4.69) is 14.7 Å². The summed E-state index contributed by atoms with van der Waals surface area (Å²) in [5.74, 6) is 1.92. The molecule has 50 heavy (non-hydrogen) atoms. The van der Waals surface area contributed by atoms with Crippen LogP contribution in [0.4, 0.5) is 0 Å². The normalized spacial score (nSPS) is 12.5. The van der Waals surface area contributed by atoms with Crippen LogP contribution in [0.2, 0.25) is 0 Å². The summed E-state index contributed by atoms with van der Waals surface area (Å²) in [4.78, 5) is 38.7. The van der Waals surface area contributed by atoms with Crippen molar-refractivity contribution in [2.75, 3.05) is 27.2 Å². The van der Waals surface area contributed by atoms with Gasteiger partial charge in [-0.25, -0.2) is 43.0 Å². The minimum atomic E-state index is -3.93. The van der Waals surface area contributed by atoms with Gasteiger partial charge in [-0.05, 0) is 33.1 Å². The SMILES string of the molecule is CN(C)CCCNS(=O)(=O)c1cccc2c3nc4nc(nc5nc(nc6[nH]c(nc([nH]3)c12)c1ccccc61)-c1ccccc1-5)-c1ccccc1-4. The highest BCUT2D eigenvalue weighted by molar-refractivity contribution is 7.89. The van der Waals surface area contributed by atoms with Gasteiger partial charge in [0.25, 0.3) is 0 Å². The van der Waals surface area contributed by atoms with Gasteiger partial charge >= 0.3 is 0 Å². The third kappa shape index (κ3) is 5.02. The van der Waals surface area contributed by atoms with Gasteiger partial charge < -0.3 is 14.9 Å². The molecule has 7 aromatic rings. The summed E-state index contributed by atoms with van der Waals surface area (Å²) in [6.45, 7) is 1.04. The zero-order valence-electron chi connectivity index (χ0n) is 27.1. The maximum Gasteiger partial charge on any atom is 0.241 e. The first-order valence-electron chi connectivity index (χ1n) is 16.2. The minimum absolute atomic E-state index is 0.102. The number of rotatable bonds is 6. The molecule has 246 valence electrons. The number of H-pyrrole nitrogens is 2. The maximum absolute atomic E-state index is 13.9. The van der Waals surface area contributed by atoms with E-state index in [4.69, 9.17) is 29.9 Å². The van der Waals surface area contributed by atoms with Gasteiger partial charge in [-0.2, -0.15) is 0 Å². The van der Waals surface area contributed by atoms with Gasteiger partial charge in [0.1, 0.15) is 22.6 Å². The lowest BCUT2D eigenvalue weighted by atomic mass is 10.1. The monoisotopic (exact) mass is 678 g/mol. The number of fused-ring (bicyclic) bond motifs is 20. The number of benzene rings is 4. The van der Waals surface area contributed by atoms with Crippen LogP contribution in [-0.2, 0) is 10.0 Å². The third-order valence-electron chi connectivity index (χ3n) is 8.90. The second-order valence-corrected chi connectivity index (χ2v) is 14.2. The van der Waals surface area contributed by atoms with E-state index in [1.165, 1.54) is 0 Å². The van der Waals surface area contributed by atoms with Gasteiger partial charge in [-0.1, -0.05) is 84.9 Å². The van der Waals surface area contributed by atoms with Crippen LogP contribution in [0.3, 0.4) is 0 Å². The van der Waals surface area contributed by atoms with Crippen LogP contribution in [0.25, 0.3) is 89.7 Å². The molecule has 13 heteroatoms. The Morgan fingerprint density at radius 2 is 1.02 bits per heavy atom. The Morgan fingerprint density at radius 1 is 0.560 bits per heavy atom. The average Bonchev–Trinajstić information content (AvgIpc) is 3.86. The van der Waals surface area contributed by atoms with Crippen LogP contribution >= 0.6 is 0 Å². The van der Waals surface area contributed by atoms with Crippen molar-refractivity contribution >= 4 is 54.2 Å². The smallest absolute Gasteiger partial charge is 0.241 e. The molecular formula is C37H30N10O2S. The highest BCUT2D eigenvalue weighted by atomic mass is 32.2. The molecule has 5 heterocycles. The van der Waals surface area contributed by atoms with Gasteiger partial charge in [0.05, 0.1) is 4.90 Å². The van der Waals surface area contributed by atoms with Crippen LogP contribution in [0.1, 0.15) is 6.42 Å². The number of aromatic amines is 2. The molecule has 8 bridgehead atoms. The molecule has 0 unspecified atom stereocenters. The lowest BCUT2D eigenvalue weighted by Crippen LogP contribution is -2.27. The summed E-state index contributed by atoms with van der Waals surface area (Å²) in [6, 6.07) is 28.6. The van der Waals surface area contributed by atoms with Crippen LogP contribution in [-0.4, -0.2) is 80.4 Å². The molecule has 0 radical (unpaired) electrons. The zero-order valence-corrected chi connectivity index (χ0v) is 28.0. The lowest BCUT2D eigenvalue weighted by molar-refractivity contribution is 0.400. The Morgan fingerprint density at radius 3 is 1.58 bits per heavy atom. The number of nitrogens with zero attached hydrogens (tertiary/aromatic N) is 7. The molecule has 0 saturated carbocycles. The molecule has 3 N–H and O–H groups in total. The fraction of sp³-hybridized carbons (Fsp3) is 0.135. The van der Waals surface area contributed by atoms with Crippen LogP contribution in [0.5, 0.6) is 0 Å². The lowest BCUT2D eigenvalue weighted by Gasteiger charge is -2.11. The standard InChI is InChI=1S/C37H30N10O2S/c1-47(2)20-10-19-38-50(48,49)28-18-9-17-27-29(28)37-45-35-26-16-8-7-15-25(26)33(43-35)41-31-22-12-4-3-11-21(22)30(39-31)40-32-23-13-5-6-14-24(23)34(42-32)44-36(27)46-37/h3-9,11-18,38H,10,19-20H2,1-2H3,(H2,39,40,41,42,43,44,45,46). The molecule has 0 spiro atoms. The summed E-state index contributed by atoms with van der Waals surface area (Å²) in [5.41, 5.74) is 5.13. The molecule has 4 aromatic carbocycles. The number of sulfonamides is 1. The van der Waals surface area contributed by atoms with Gasteiger partial charge in [-0.3, -0.25) is 0 Å². The number of nitrogens with one attached hydrogen (secondary N) is 3. The second kappa shape index (κ2) is 11.6. The Balaban J connectivity index is 1.40. The molecule has 0 amide bonds. The van der Waals surface area contributed by atoms with Gasteiger partial charge in [0, 0.05) is 50.3 Å². The average molecular weight is 679 g/mol. The fourth-order valence-corrected chi connectivity index (χ4v) is 7.86. The topological polar surface area (TPSA) is 158 Å². The summed E-state index contributed by atoms with van der Waals surface area (Å²) >= 11 is 0. The second-order valence-electron chi connectivity index (χ2n) is 12.5. The van der Waals surface area contributed by atoms with Crippen molar-refractivity contribution in [3.63, 3.8) is 0 Å². The largest absolute Gasteiger partial charge is 0.324 e. The Bertz CT molecular complexity index is 2790. The number of hydrogen-bond donors (Lipinski definition) is 3. The molecule has 2 aliphatic heterocycles. The highest BCUT2D eigenvalue weighted by Gasteiger charge is 2.25. The first kappa shape index (κ1) is 30.2. The third-order valence-corrected chi connectivity index (χ3v) is 10.4. The zero-order chi connectivity index (χ0) is 34.0. The Hall–Kier alpha value is -5.89. The maximum atomic E-state index is 13.9. The van der Waals surface area contributed by atoms with E-state index in [9.17, 15) is 8.42 Å². The summed E-state index contributed by atoms with van der Waals surface area (Å²) < 4.78 is 30.6. The van der Waals surface area contributed by atoms with E-state index in [1.54, 1.807) is 12.1 Å². The molecule has 0 atom stereocenters. The van der Waals surface area contributed by atoms with Crippen molar-refractivity contribution in [1.82, 2.24) is 49.5 Å². The summed E-state index contributed by atoms with van der Waals surface area (Å²) in [5, 5.41) is 2.66. The van der Waals surface area contributed by atoms with E-state index in [0.717, 1.165) is 39.6 Å². The molecule has 12 nitrogen and oxygen atoms in total. The first-order valence-corrected chi connectivity index (χ1v) is 17.7. The van der Waals surface area contributed by atoms with Crippen molar-refractivity contribution in [3.8, 4) is 45.6 Å². The van der Waals surface area contributed by atoms with E-state index >= 15 is 0 Å². The predicted octanol–water partition coefficient (Wildman–Crippen LogP) is 6.10. The Kier molecular flexibility index (Phi) is 7.02. The van der Waals surface area contributed by atoms with E-state index < -0.39 is 10.0 Å². The van der Waals surface area contributed by atoms with Gasteiger partial charge in [-0.15, -0.1) is 0 Å². The van der Waals surface area contributed by atoms with Crippen LogP contribution in [0.15, 0.2) is 95.9 Å². The van der Waals surface area contributed by atoms with Crippen LogP contribution < -0.4 is 4.72 Å². The minimum Gasteiger partial charge on any atom is -0.324 e. The number of aromatic nitrogens is 8. The number of hydrogen-bond acceptors (Lipinski definition) is 9. The van der Waals surface area contributed by atoms with Crippen molar-refractivity contribution in [2.45, 2.75) is 11.3 Å². The summed E-state index contributed by atoms with van der Waals surface area (Å²) in [6.07, 6.45) is 0.659. The predicted molar refractivity (Wildman–Crippen MR) is 194 cm³/mol. The van der Waals surface area contributed by atoms with Crippen molar-refractivity contribution in [2.24, 2.45) is 0 Å². The van der Waals surface area contributed by atoms with E-state index in [0.29, 0.717) is 69.6 Å². The van der Waals surface area contributed by atoms with Gasteiger partial charge in [0.2, 0.25) is 10.0 Å². The van der Waals surface area contributed by atoms with Gasteiger partial charge in [0.15, 0.2) is 23.3 Å². The molecule has 0 saturated heterocycles. The van der Waals surface area contributed by atoms with Crippen molar-refractivity contribution in [1.29, 1.82) is 0 Å². The molecular weight excluding hydrogens is 649 g/mol. The molecule has 0 fully saturated rings. The quantitative estimate of drug-likeness (QED) is 0.177. The summed E-state index contributed by atoms with van der Waals surface area (Å²) in [7, 11) is -0.0190. The van der Waals surface area contributed by atoms with Crippen LogP contribution in [0, 0.1) is 0 Å². The van der Waals surface area contributed by atoms with Crippen molar-refractivity contribution < 1.29 is 8.42 Å². The molecule has 0 aliphatic carbocycles. The first-order chi connectivity index (χ1) is 24.3. The molecule has 9 rings (SSSR count). The van der Waals surface area contributed by atoms with E-state index in [1.807, 2.05) is 97.9 Å². The molecule has 3 aromatic heterocycles. The van der Waals surface area contributed by atoms with Crippen molar-refractivity contribution in [3.05, 3.63) is 91.0 Å². The fourth-order valence-electron chi connectivity index (χ4n) is 6.56. The van der Waals surface area contributed by atoms with E-state index in [-0.39, 0.29) is 4.90 Å². The Labute approximate surface area is 286 Å².